The summed E-state index contributed by atoms with van der Waals surface area (Å²) >= 11 is 4.87. The van der Waals surface area contributed by atoms with Crippen molar-refractivity contribution in [3.63, 3.8) is 0 Å². The van der Waals surface area contributed by atoms with E-state index in [9.17, 15) is 4.79 Å². The summed E-state index contributed by atoms with van der Waals surface area (Å²) in [4.78, 5) is 10.6. The second kappa shape index (κ2) is 2.81. The number of hydrogen-bond donors (Lipinski definition) is 1. The predicted octanol–water partition coefficient (Wildman–Crippen LogP) is 0.697. The molecule has 0 saturated heterocycles. The van der Waals surface area contributed by atoms with Crippen LogP contribution in [0.3, 0.4) is 0 Å². The van der Waals surface area contributed by atoms with Crippen LogP contribution in [0, 0.1) is 0 Å². The number of hydrogen-bond acceptors (Lipinski definition) is 3. The van der Waals surface area contributed by atoms with Crippen LogP contribution < -0.4 is 0 Å². The molecule has 1 N–H and O–H groups in total. The van der Waals surface area contributed by atoms with Gasteiger partial charge in [0.15, 0.2) is 0 Å². The molecule has 5 heteroatoms. The minimum atomic E-state index is -0.847. The van der Waals surface area contributed by atoms with E-state index in [-0.39, 0.29) is 8.49 Å². The molecule has 1 heterocycles. The maximum absolute atomic E-state index is 10.2. The van der Waals surface area contributed by atoms with Crippen LogP contribution in [-0.4, -0.2) is 16.8 Å². The summed E-state index contributed by atoms with van der Waals surface area (Å²) < 4.78 is 0. The Bertz CT molecular complexity index is 196. The molecule has 2 nitrogen and oxygen atoms in total. The molecular weight excluding hydrogens is 176 g/mol. The van der Waals surface area contributed by atoms with E-state index < -0.39 is 5.97 Å². The highest BCUT2D eigenvalue weighted by molar-refractivity contribution is 8.84. The van der Waals surface area contributed by atoms with Crippen LogP contribution in [-0.2, 0) is 24.5 Å². The van der Waals surface area contributed by atoms with Gasteiger partial charge in [-0.2, -0.15) is 0 Å². The monoisotopic (exact) mass is 180 g/mol. The van der Waals surface area contributed by atoms with Crippen molar-refractivity contribution in [2.24, 2.45) is 0 Å². The van der Waals surface area contributed by atoms with Gasteiger partial charge in [0, 0.05) is 5.75 Å². The maximum atomic E-state index is 10.2. The van der Waals surface area contributed by atoms with Crippen molar-refractivity contribution in [1.82, 2.24) is 0 Å². The van der Waals surface area contributed by atoms with Crippen molar-refractivity contribution in [2.75, 3.05) is 5.75 Å². The molecule has 0 aromatic carbocycles. The fourth-order valence-electron chi connectivity index (χ4n) is 0.435. The normalized spacial score (nSPS) is 25.8. The SMILES string of the molecule is O=C(O)C1=CCS(=S)S1. The van der Waals surface area contributed by atoms with Gasteiger partial charge in [-0.15, -0.1) is 0 Å². The first-order valence-corrected chi connectivity index (χ1v) is 5.85. The minimum Gasteiger partial charge on any atom is -0.477 e. The summed E-state index contributed by atoms with van der Waals surface area (Å²) in [7, 11) is 1.08. The Morgan fingerprint density at radius 2 is 2.67 bits per heavy atom. The fraction of sp³-hybridized carbons (Fsp3) is 0.250. The average molecular weight is 180 g/mol. The maximum Gasteiger partial charge on any atom is 0.342 e. The lowest BCUT2D eigenvalue weighted by molar-refractivity contribution is -0.131. The number of carboxylic acid groups (broad SMARTS) is 1. The third-order valence-electron chi connectivity index (χ3n) is 0.798. The average Bonchev–Trinajstić information content (AvgIpc) is 2.14. The summed E-state index contributed by atoms with van der Waals surface area (Å²) in [5.41, 5.74) is 0. The molecule has 1 aliphatic heterocycles. The van der Waals surface area contributed by atoms with Crippen LogP contribution in [0.2, 0.25) is 0 Å². The lowest BCUT2D eigenvalue weighted by Crippen LogP contribution is -1.92. The van der Waals surface area contributed by atoms with Gasteiger partial charge in [-0.05, 0) is 22.0 Å². The summed E-state index contributed by atoms with van der Waals surface area (Å²) in [5.74, 6) is -0.110. The molecule has 0 amide bonds. The van der Waals surface area contributed by atoms with Crippen LogP contribution in [0.15, 0.2) is 11.0 Å². The lowest BCUT2D eigenvalue weighted by Gasteiger charge is -1.89. The minimum absolute atomic E-state index is 0.197. The Hall–Kier alpha value is 0.130. The Morgan fingerprint density at radius 3 is 2.89 bits per heavy atom. The summed E-state index contributed by atoms with van der Waals surface area (Å²) in [6.45, 7) is 0. The quantitative estimate of drug-likeness (QED) is 0.603. The van der Waals surface area contributed by atoms with Gasteiger partial charge in [0.05, 0.1) is 0 Å². The van der Waals surface area contributed by atoms with Gasteiger partial charge in [-0.25, -0.2) is 4.79 Å². The van der Waals surface area contributed by atoms with Crippen LogP contribution in [0.5, 0.6) is 0 Å². The molecule has 0 aromatic rings. The van der Waals surface area contributed by atoms with Crippen LogP contribution in [0.1, 0.15) is 0 Å². The van der Waals surface area contributed by atoms with Crippen molar-refractivity contribution in [1.29, 1.82) is 0 Å². The lowest BCUT2D eigenvalue weighted by atomic mass is 10.5. The third kappa shape index (κ3) is 1.77. The largest absolute Gasteiger partial charge is 0.477 e. The van der Waals surface area contributed by atoms with Gasteiger partial charge in [0.2, 0.25) is 0 Å². The molecule has 0 spiro atoms. The molecule has 0 saturated carbocycles. The molecule has 0 radical (unpaired) electrons. The Morgan fingerprint density at radius 1 is 2.00 bits per heavy atom. The zero-order valence-corrected chi connectivity index (χ0v) is 6.81. The summed E-state index contributed by atoms with van der Waals surface area (Å²) in [6.07, 6.45) is 1.68. The molecule has 1 rings (SSSR count). The van der Waals surface area contributed by atoms with Crippen LogP contribution >= 0.6 is 10.8 Å². The summed E-state index contributed by atoms with van der Waals surface area (Å²) in [5, 5.41) is 8.40. The van der Waals surface area contributed by atoms with Crippen molar-refractivity contribution in [2.45, 2.75) is 0 Å². The molecule has 9 heavy (non-hydrogen) atoms. The predicted molar refractivity (Wildman–Crippen MR) is 42.9 cm³/mol. The van der Waals surface area contributed by atoms with Gasteiger partial charge in [-0.3, -0.25) is 0 Å². The third-order valence-corrected chi connectivity index (χ3v) is 4.47. The second-order valence-corrected chi connectivity index (χ2v) is 6.52. The summed E-state index contributed by atoms with van der Waals surface area (Å²) in [6, 6.07) is 0. The van der Waals surface area contributed by atoms with Crippen LogP contribution in [0.4, 0.5) is 0 Å². The van der Waals surface area contributed by atoms with Crippen molar-refractivity contribution in [3.8, 4) is 0 Å². The second-order valence-electron chi connectivity index (χ2n) is 1.43. The van der Waals surface area contributed by atoms with E-state index in [1.165, 1.54) is 10.8 Å². The molecule has 1 atom stereocenters. The topological polar surface area (TPSA) is 37.3 Å². The number of carbonyl (C=O) groups is 1. The smallest absolute Gasteiger partial charge is 0.342 e. The van der Waals surface area contributed by atoms with Crippen molar-refractivity contribution in [3.05, 3.63) is 11.0 Å². The van der Waals surface area contributed by atoms with Gasteiger partial charge in [0.1, 0.15) is 4.91 Å². The van der Waals surface area contributed by atoms with Crippen molar-refractivity contribution < 1.29 is 9.90 Å². The molecule has 0 bridgehead atoms. The van der Waals surface area contributed by atoms with E-state index in [1.54, 1.807) is 6.08 Å². The van der Waals surface area contributed by atoms with Gasteiger partial charge < -0.3 is 5.11 Å². The first-order chi connectivity index (χ1) is 4.20. The van der Waals surface area contributed by atoms with E-state index in [4.69, 9.17) is 16.3 Å². The molecular formula is C4H4O2S3. The number of carboxylic acids is 1. The van der Waals surface area contributed by atoms with Gasteiger partial charge in [0.25, 0.3) is 0 Å². The van der Waals surface area contributed by atoms with E-state index in [1.807, 2.05) is 0 Å². The molecule has 0 aliphatic carbocycles. The highest BCUT2D eigenvalue weighted by Gasteiger charge is 2.15. The Kier molecular flexibility index (Phi) is 2.26. The van der Waals surface area contributed by atoms with Gasteiger partial charge >= 0.3 is 5.97 Å². The molecule has 0 fully saturated rings. The fourth-order valence-corrected chi connectivity index (χ4v) is 3.63. The molecule has 1 unspecified atom stereocenters. The zero-order valence-electron chi connectivity index (χ0n) is 4.36. The van der Waals surface area contributed by atoms with Crippen LogP contribution in [0.25, 0.3) is 0 Å². The van der Waals surface area contributed by atoms with E-state index in [2.05, 4.69) is 0 Å². The van der Waals surface area contributed by atoms with E-state index in [0.29, 0.717) is 4.91 Å². The number of aliphatic carboxylic acids is 1. The zero-order chi connectivity index (χ0) is 6.85. The first-order valence-electron chi connectivity index (χ1n) is 2.20. The molecule has 1 aliphatic rings. The van der Waals surface area contributed by atoms with E-state index >= 15 is 0 Å². The van der Waals surface area contributed by atoms with Crippen molar-refractivity contribution >= 4 is 36.4 Å². The highest BCUT2D eigenvalue weighted by Crippen LogP contribution is 2.26. The standard InChI is InChI=1S/C4H4O2S3/c5-4(6)3-1-2-9(7)8-3/h1H,2H2,(H,5,6). The Labute approximate surface area is 63.3 Å². The molecule has 50 valence electrons. The highest BCUT2D eigenvalue weighted by atomic mass is 33.3. The Balaban J connectivity index is 2.65. The number of rotatable bonds is 1. The first kappa shape index (κ1) is 7.24. The van der Waals surface area contributed by atoms with E-state index in [0.717, 1.165) is 5.75 Å². The van der Waals surface area contributed by atoms with Gasteiger partial charge in [-0.1, -0.05) is 14.6 Å². The molecule has 0 aromatic heterocycles.